The number of carbonyl (C=O) groups is 3. The van der Waals surface area contributed by atoms with E-state index in [1.807, 2.05) is 24.3 Å². The second kappa shape index (κ2) is 10.9. The molecule has 1 aliphatic heterocycles. The number of nitrogens with zero attached hydrogens (tertiary/aromatic N) is 1. The van der Waals surface area contributed by atoms with Crippen molar-refractivity contribution < 1.29 is 24.2 Å². The van der Waals surface area contributed by atoms with Gasteiger partial charge < -0.3 is 20.1 Å². The quantitative estimate of drug-likeness (QED) is 0.576. The first kappa shape index (κ1) is 24.8. The van der Waals surface area contributed by atoms with E-state index in [4.69, 9.17) is 4.74 Å². The molecule has 0 saturated carbocycles. The van der Waals surface area contributed by atoms with Gasteiger partial charge in [0.15, 0.2) is 0 Å². The fraction of sp³-hybridized carbons (Fsp3) is 0.464. The number of carboxylic acid groups (broad SMARTS) is 1. The first-order valence-electron chi connectivity index (χ1n) is 12.5. The molecule has 0 spiro atoms. The minimum absolute atomic E-state index is 0.0589. The Hall–Kier alpha value is -3.35. The van der Waals surface area contributed by atoms with E-state index in [0.717, 1.165) is 28.7 Å². The van der Waals surface area contributed by atoms with Crippen molar-refractivity contribution in [2.45, 2.75) is 51.5 Å². The fourth-order valence-electron chi connectivity index (χ4n) is 5.14. The van der Waals surface area contributed by atoms with E-state index in [1.165, 1.54) is 0 Å². The lowest BCUT2D eigenvalue weighted by molar-refractivity contribution is -0.146. The lowest BCUT2D eigenvalue weighted by atomic mass is 9.96. The standard InChI is InChI=1S/C28H34N2O5/c1-18(2)13-14-25(26(31)30-15-7-8-19(16-30)27(32)33)29-28(34)35-17-24-22-11-5-3-9-20(22)21-10-4-6-12-23(21)24/h3-6,9-12,18-19,24-25H,7-8,13-17H2,1-2H3,(H,29,34)(H,32,33). The maximum Gasteiger partial charge on any atom is 0.407 e. The minimum Gasteiger partial charge on any atom is -0.481 e. The largest absolute Gasteiger partial charge is 0.481 e. The maximum absolute atomic E-state index is 13.3. The molecular formula is C28H34N2O5. The number of ether oxygens (including phenoxy) is 1. The van der Waals surface area contributed by atoms with Crippen molar-refractivity contribution in [1.82, 2.24) is 10.2 Å². The van der Waals surface area contributed by atoms with Crippen LogP contribution in [-0.2, 0) is 14.3 Å². The minimum atomic E-state index is -0.884. The molecule has 1 fully saturated rings. The number of aliphatic carboxylic acids is 1. The molecule has 2 amide bonds. The highest BCUT2D eigenvalue weighted by Gasteiger charge is 2.33. The van der Waals surface area contributed by atoms with Gasteiger partial charge in [0.2, 0.25) is 5.91 Å². The predicted octanol–water partition coefficient (Wildman–Crippen LogP) is 4.65. The van der Waals surface area contributed by atoms with Crippen molar-refractivity contribution >= 4 is 18.0 Å². The van der Waals surface area contributed by atoms with Crippen molar-refractivity contribution in [2.75, 3.05) is 19.7 Å². The lowest BCUT2D eigenvalue weighted by Crippen LogP contribution is -2.52. The summed E-state index contributed by atoms with van der Waals surface area (Å²) >= 11 is 0. The zero-order valence-electron chi connectivity index (χ0n) is 20.4. The normalized spacial score (nSPS) is 18.0. The van der Waals surface area contributed by atoms with Crippen LogP contribution in [0.1, 0.15) is 56.6 Å². The van der Waals surface area contributed by atoms with Gasteiger partial charge in [0, 0.05) is 19.0 Å². The van der Waals surface area contributed by atoms with E-state index in [9.17, 15) is 19.5 Å². The van der Waals surface area contributed by atoms with E-state index >= 15 is 0 Å². The molecule has 2 unspecified atom stereocenters. The molecule has 4 rings (SSSR count). The zero-order valence-corrected chi connectivity index (χ0v) is 20.4. The number of likely N-dealkylation sites (tertiary alicyclic amines) is 1. The second-order valence-electron chi connectivity index (χ2n) is 9.96. The van der Waals surface area contributed by atoms with Crippen LogP contribution in [0, 0.1) is 11.8 Å². The summed E-state index contributed by atoms with van der Waals surface area (Å²) in [6, 6.07) is 15.5. The fourth-order valence-corrected chi connectivity index (χ4v) is 5.14. The van der Waals surface area contributed by atoms with Crippen molar-refractivity contribution in [1.29, 1.82) is 0 Å². The summed E-state index contributed by atoms with van der Waals surface area (Å²) in [5.41, 5.74) is 4.56. The van der Waals surface area contributed by atoms with E-state index in [2.05, 4.69) is 43.4 Å². The van der Waals surface area contributed by atoms with Crippen molar-refractivity contribution in [3.8, 4) is 11.1 Å². The smallest absolute Gasteiger partial charge is 0.407 e. The highest BCUT2D eigenvalue weighted by Crippen LogP contribution is 2.44. The topological polar surface area (TPSA) is 95.9 Å². The number of alkyl carbamates (subject to hydrolysis) is 1. The second-order valence-corrected chi connectivity index (χ2v) is 9.96. The molecule has 1 saturated heterocycles. The Kier molecular flexibility index (Phi) is 7.73. The third-order valence-electron chi connectivity index (χ3n) is 7.05. The van der Waals surface area contributed by atoms with Gasteiger partial charge in [0.05, 0.1) is 5.92 Å². The first-order chi connectivity index (χ1) is 16.8. The van der Waals surface area contributed by atoms with Gasteiger partial charge in [0.1, 0.15) is 12.6 Å². The number of benzene rings is 2. The van der Waals surface area contributed by atoms with Crippen LogP contribution in [0.25, 0.3) is 11.1 Å². The zero-order chi connectivity index (χ0) is 24.9. The Morgan fingerprint density at radius 3 is 2.26 bits per heavy atom. The van der Waals surface area contributed by atoms with Gasteiger partial charge in [-0.05, 0) is 53.9 Å². The number of amides is 2. The molecule has 35 heavy (non-hydrogen) atoms. The summed E-state index contributed by atoms with van der Waals surface area (Å²) in [6.45, 7) is 4.99. The number of hydrogen-bond donors (Lipinski definition) is 2. The molecule has 2 N–H and O–H groups in total. The van der Waals surface area contributed by atoms with Gasteiger partial charge in [-0.2, -0.15) is 0 Å². The van der Waals surface area contributed by atoms with Gasteiger partial charge in [-0.25, -0.2) is 4.79 Å². The average Bonchev–Trinajstić information content (AvgIpc) is 3.18. The van der Waals surface area contributed by atoms with Crippen molar-refractivity contribution in [3.05, 3.63) is 59.7 Å². The molecule has 0 aromatic heterocycles. The van der Waals surface area contributed by atoms with Crippen molar-refractivity contribution in [2.24, 2.45) is 11.8 Å². The predicted molar refractivity (Wildman–Crippen MR) is 133 cm³/mol. The summed E-state index contributed by atoms with van der Waals surface area (Å²) in [6.07, 6.45) is 1.83. The third-order valence-corrected chi connectivity index (χ3v) is 7.05. The summed E-state index contributed by atoms with van der Waals surface area (Å²) in [5.74, 6) is -1.37. The van der Waals surface area contributed by atoms with E-state index in [0.29, 0.717) is 31.7 Å². The van der Waals surface area contributed by atoms with Crippen molar-refractivity contribution in [3.63, 3.8) is 0 Å². The van der Waals surface area contributed by atoms with E-state index in [1.54, 1.807) is 4.90 Å². The van der Waals surface area contributed by atoms with Gasteiger partial charge in [0.25, 0.3) is 0 Å². The summed E-state index contributed by atoms with van der Waals surface area (Å²) in [5, 5.41) is 12.2. The molecule has 7 heteroatoms. The highest BCUT2D eigenvalue weighted by molar-refractivity contribution is 5.86. The van der Waals surface area contributed by atoms with Gasteiger partial charge in [-0.3, -0.25) is 9.59 Å². The van der Waals surface area contributed by atoms with Gasteiger partial charge >= 0.3 is 12.1 Å². The Morgan fingerprint density at radius 2 is 1.66 bits per heavy atom. The summed E-state index contributed by atoms with van der Waals surface area (Å²) in [4.78, 5) is 39.1. The van der Waals surface area contributed by atoms with Crippen LogP contribution >= 0.6 is 0 Å². The maximum atomic E-state index is 13.3. The molecule has 7 nitrogen and oxygen atoms in total. The van der Waals surface area contributed by atoms with Crippen LogP contribution in [0.2, 0.25) is 0 Å². The molecule has 1 heterocycles. The average molecular weight is 479 g/mol. The number of nitrogens with one attached hydrogen (secondary N) is 1. The summed E-state index contributed by atoms with van der Waals surface area (Å²) < 4.78 is 5.66. The molecule has 2 aromatic carbocycles. The molecular weight excluding hydrogens is 444 g/mol. The Bertz CT molecular complexity index is 1040. The third kappa shape index (κ3) is 5.66. The van der Waals surface area contributed by atoms with Crippen LogP contribution in [0.5, 0.6) is 0 Å². The molecule has 0 bridgehead atoms. The highest BCUT2D eigenvalue weighted by atomic mass is 16.5. The Morgan fingerprint density at radius 1 is 1.03 bits per heavy atom. The molecule has 0 radical (unpaired) electrons. The number of carbonyl (C=O) groups excluding carboxylic acids is 2. The monoisotopic (exact) mass is 478 g/mol. The first-order valence-corrected chi connectivity index (χ1v) is 12.5. The molecule has 2 atom stereocenters. The van der Waals surface area contributed by atoms with Crippen LogP contribution in [0.3, 0.4) is 0 Å². The van der Waals surface area contributed by atoms with Crippen LogP contribution < -0.4 is 5.32 Å². The number of fused-ring (bicyclic) bond motifs is 3. The molecule has 186 valence electrons. The van der Waals surface area contributed by atoms with E-state index in [-0.39, 0.29) is 25.0 Å². The Balaban J connectivity index is 1.42. The van der Waals surface area contributed by atoms with Gasteiger partial charge in [-0.1, -0.05) is 62.4 Å². The number of carboxylic acids is 1. The molecule has 1 aliphatic carbocycles. The Labute approximate surface area is 206 Å². The lowest BCUT2D eigenvalue weighted by Gasteiger charge is -2.33. The van der Waals surface area contributed by atoms with Crippen LogP contribution in [0.15, 0.2) is 48.5 Å². The molecule has 2 aliphatic rings. The number of rotatable bonds is 8. The molecule has 2 aromatic rings. The number of hydrogen-bond acceptors (Lipinski definition) is 4. The summed E-state index contributed by atoms with van der Waals surface area (Å²) in [7, 11) is 0. The van der Waals surface area contributed by atoms with E-state index < -0.39 is 24.0 Å². The van der Waals surface area contributed by atoms with Crippen LogP contribution in [-0.4, -0.2) is 53.7 Å². The van der Waals surface area contributed by atoms with Gasteiger partial charge in [-0.15, -0.1) is 0 Å². The number of piperidine rings is 1. The van der Waals surface area contributed by atoms with Crippen LogP contribution in [0.4, 0.5) is 4.79 Å². The SMILES string of the molecule is CC(C)CCC(NC(=O)OCC1c2ccccc2-c2ccccc21)C(=O)N1CCCC(C(=O)O)C1.